The van der Waals surface area contributed by atoms with Gasteiger partial charge in [-0.3, -0.25) is 9.59 Å². The lowest BCUT2D eigenvalue weighted by atomic mass is 9.65. The van der Waals surface area contributed by atoms with Crippen molar-refractivity contribution < 1.29 is 14.7 Å². The van der Waals surface area contributed by atoms with E-state index in [1.807, 2.05) is 19.9 Å². The molecule has 23 heavy (non-hydrogen) atoms. The summed E-state index contributed by atoms with van der Waals surface area (Å²) in [5.41, 5.74) is 2.47. The zero-order valence-electron chi connectivity index (χ0n) is 13.7. The number of fused-ring (bicyclic) bond motifs is 2. The highest BCUT2D eigenvalue weighted by atomic mass is 16.4. The van der Waals surface area contributed by atoms with Crippen LogP contribution in [0.15, 0.2) is 35.4 Å². The van der Waals surface area contributed by atoms with Crippen molar-refractivity contribution >= 4 is 17.6 Å². The first kappa shape index (κ1) is 15.7. The van der Waals surface area contributed by atoms with Crippen molar-refractivity contribution in [2.75, 3.05) is 0 Å². The predicted octanol–water partition coefficient (Wildman–Crippen LogP) is 3.07. The maximum atomic E-state index is 12.2. The van der Waals surface area contributed by atoms with E-state index in [0.717, 1.165) is 12.1 Å². The van der Waals surface area contributed by atoms with E-state index >= 15 is 0 Å². The lowest BCUT2D eigenvalue weighted by Crippen LogP contribution is -2.40. The van der Waals surface area contributed by atoms with Crippen molar-refractivity contribution in [3.8, 4) is 0 Å². The van der Waals surface area contributed by atoms with Gasteiger partial charge in [0.25, 0.3) is 5.91 Å². The lowest BCUT2D eigenvalue weighted by molar-refractivity contribution is -0.154. The summed E-state index contributed by atoms with van der Waals surface area (Å²) in [5.74, 6) is -1.03. The number of benzene rings is 1. The van der Waals surface area contributed by atoms with E-state index < -0.39 is 11.4 Å². The second kappa shape index (κ2) is 4.91. The van der Waals surface area contributed by atoms with Gasteiger partial charge in [0.15, 0.2) is 0 Å². The number of hydrogen-bond acceptors (Lipinski definition) is 3. The van der Waals surface area contributed by atoms with Crippen LogP contribution < -0.4 is 5.43 Å². The summed E-state index contributed by atoms with van der Waals surface area (Å²) in [4.78, 5) is 24.1. The Labute approximate surface area is 135 Å². The van der Waals surface area contributed by atoms with Gasteiger partial charge in [-0.25, -0.2) is 5.43 Å². The molecule has 1 aromatic rings. The van der Waals surface area contributed by atoms with Crippen LogP contribution in [0.4, 0.5) is 0 Å². The molecule has 5 heteroatoms. The zero-order chi connectivity index (χ0) is 16.9. The number of hydrazone groups is 1. The Morgan fingerprint density at radius 3 is 2.35 bits per heavy atom. The molecule has 0 heterocycles. The van der Waals surface area contributed by atoms with Crippen molar-refractivity contribution in [3.63, 3.8) is 0 Å². The third-order valence-corrected chi connectivity index (χ3v) is 6.47. The number of carboxylic acids is 1. The Morgan fingerprint density at radius 1 is 1.13 bits per heavy atom. The molecule has 2 atom stereocenters. The molecule has 2 fully saturated rings. The Hall–Kier alpha value is -2.17. The molecule has 1 aromatic carbocycles. The van der Waals surface area contributed by atoms with Crippen molar-refractivity contribution in [3.05, 3.63) is 35.9 Å². The van der Waals surface area contributed by atoms with Crippen LogP contribution >= 0.6 is 0 Å². The summed E-state index contributed by atoms with van der Waals surface area (Å²) in [5, 5.41) is 14.1. The fourth-order valence-electron chi connectivity index (χ4n) is 4.30. The molecule has 122 valence electrons. The van der Waals surface area contributed by atoms with E-state index in [9.17, 15) is 14.7 Å². The summed E-state index contributed by atoms with van der Waals surface area (Å²) in [7, 11) is 0. The minimum absolute atomic E-state index is 0.272. The summed E-state index contributed by atoms with van der Waals surface area (Å²) >= 11 is 0. The molecule has 2 aliphatic rings. The number of carboxylic acid groups (broad SMARTS) is 1. The number of nitrogens with one attached hydrogen (secondary N) is 1. The molecule has 2 aliphatic carbocycles. The number of nitrogens with zero attached hydrogens (tertiary/aromatic N) is 1. The summed E-state index contributed by atoms with van der Waals surface area (Å²) < 4.78 is 0. The largest absolute Gasteiger partial charge is 0.481 e. The van der Waals surface area contributed by atoms with Gasteiger partial charge < -0.3 is 5.11 Å². The van der Waals surface area contributed by atoms with Gasteiger partial charge in [0.05, 0.1) is 5.41 Å². The third kappa shape index (κ3) is 1.95. The van der Waals surface area contributed by atoms with Gasteiger partial charge in [-0.05, 0) is 30.4 Å². The first-order valence-corrected chi connectivity index (χ1v) is 7.90. The third-order valence-electron chi connectivity index (χ3n) is 6.47. The first-order chi connectivity index (χ1) is 10.7. The molecule has 2 unspecified atom stereocenters. The van der Waals surface area contributed by atoms with Crippen LogP contribution in [-0.2, 0) is 4.79 Å². The fraction of sp³-hybridized carbons (Fsp3) is 0.500. The van der Waals surface area contributed by atoms with E-state index in [-0.39, 0.29) is 16.7 Å². The van der Waals surface area contributed by atoms with Gasteiger partial charge >= 0.3 is 5.97 Å². The van der Waals surface area contributed by atoms with Crippen LogP contribution in [0.2, 0.25) is 0 Å². The highest BCUT2D eigenvalue weighted by molar-refractivity contribution is 6.02. The molecule has 0 aromatic heterocycles. The average molecular weight is 314 g/mol. The molecule has 0 radical (unpaired) electrons. The molecule has 0 aliphatic heterocycles. The van der Waals surface area contributed by atoms with Crippen LogP contribution in [0.25, 0.3) is 0 Å². The van der Waals surface area contributed by atoms with Crippen LogP contribution in [0.1, 0.15) is 50.4 Å². The zero-order valence-corrected chi connectivity index (χ0v) is 13.7. The van der Waals surface area contributed by atoms with Gasteiger partial charge in [-0.1, -0.05) is 39.0 Å². The smallest absolute Gasteiger partial charge is 0.310 e. The van der Waals surface area contributed by atoms with Crippen LogP contribution in [0.3, 0.4) is 0 Å². The van der Waals surface area contributed by atoms with E-state index in [0.29, 0.717) is 18.4 Å². The molecule has 3 rings (SSSR count). The van der Waals surface area contributed by atoms with E-state index in [1.165, 1.54) is 0 Å². The van der Waals surface area contributed by atoms with Crippen LogP contribution in [-0.4, -0.2) is 22.7 Å². The fourth-order valence-corrected chi connectivity index (χ4v) is 4.30. The van der Waals surface area contributed by atoms with E-state index in [4.69, 9.17) is 0 Å². The Morgan fingerprint density at radius 2 is 1.78 bits per heavy atom. The lowest BCUT2D eigenvalue weighted by Gasteiger charge is -2.37. The molecule has 5 nitrogen and oxygen atoms in total. The SMILES string of the molecule is CC12CCC(C(=O)O)(CC1=NNC(=O)c1ccccc1)C2(C)C. The Bertz CT molecular complexity index is 695. The highest BCUT2D eigenvalue weighted by Crippen LogP contribution is 2.70. The van der Waals surface area contributed by atoms with Crippen LogP contribution in [0.5, 0.6) is 0 Å². The number of carbonyl (C=O) groups is 2. The summed E-state index contributed by atoms with van der Waals surface area (Å²) in [6, 6.07) is 8.88. The van der Waals surface area contributed by atoms with Gasteiger partial charge in [-0.2, -0.15) is 5.10 Å². The van der Waals surface area contributed by atoms with Crippen molar-refractivity contribution in [1.82, 2.24) is 5.43 Å². The topological polar surface area (TPSA) is 78.8 Å². The van der Waals surface area contributed by atoms with Gasteiger partial charge in [0, 0.05) is 23.1 Å². The molecule has 0 spiro atoms. The van der Waals surface area contributed by atoms with Crippen molar-refractivity contribution in [2.45, 2.75) is 40.0 Å². The highest BCUT2D eigenvalue weighted by Gasteiger charge is 2.71. The van der Waals surface area contributed by atoms with Gasteiger partial charge in [0.1, 0.15) is 0 Å². The maximum Gasteiger partial charge on any atom is 0.310 e. The molecule has 0 saturated heterocycles. The molecule has 2 saturated carbocycles. The summed E-state index contributed by atoms with van der Waals surface area (Å²) in [6.45, 7) is 6.09. The minimum Gasteiger partial charge on any atom is -0.481 e. The molecule has 2 N–H and O–H groups in total. The van der Waals surface area contributed by atoms with Gasteiger partial charge in [0.2, 0.25) is 0 Å². The standard InChI is InChI=1S/C18H22N2O3/c1-16(2)17(3)9-10-18(16,15(22)23)11-13(17)19-20-14(21)12-7-5-4-6-8-12/h4-8H,9-11H2,1-3H3,(H,20,21)(H,22,23). The normalized spacial score (nSPS) is 32.9. The Kier molecular flexibility index (Phi) is 3.36. The number of aliphatic carboxylic acids is 1. The second-order valence-electron chi connectivity index (χ2n) is 7.39. The average Bonchev–Trinajstić information content (AvgIpc) is 2.83. The predicted molar refractivity (Wildman–Crippen MR) is 87.2 cm³/mol. The Balaban J connectivity index is 1.88. The quantitative estimate of drug-likeness (QED) is 0.842. The van der Waals surface area contributed by atoms with Gasteiger partial charge in [-0.15, -0.1) is 0 Å². The number of carbonyl (C=O) groups excluding carboxylic acids is 1. The van der Waals surface area contributed by atoms with Crippen molar-refractivity contribution in [2.24, 2.45) is 21.3 Å². The first-order valence-electron chi connectivity index (χ1n) is 7.90. The maximum absolute atomic E-state index is 12.2. The molecule has 2 bridgehead atoms. The molecular formula is C18H22N2O3. The van der Waals surface area contributed by atoms with E-state index in [2.05, 4.69) is 17.5 Å². The molecular weight excluding hydrogens is 292 g/mol. The summed E-state index contributed by atoms with van der Waals surface area (Å²) in [6.07, 6.45) is 1.85. The van der Waals surface area contributed by atoms with Crippen molar-refractivity contribution in [1.29, 1.82) is 0 Å². The number of amides is 1. The molecule has 1 amide bonds. The minimum atomic E-state index is -0.780. The number of hydrogen-bond donors (Lipinski definition) is 2. The monoisotopic (exact) mass is 314 g/mol. The number of rotatable bonds is 3. The van der Waals surface area contributed by atoms with E-state index in [1.54, 1.807) is 24.3 Å². The second-order valence-corrected chi connectivity index (χ2v) is 7.39. The van der Waals surface area contributed by atoms with Crippen LogP contribution in [0, 0.1) is 16.2 Å².